The van der Waals surface area contributed by atoms with Gasteiger partial charge >= 0.3 is 20.4 Å². The molecule has 0 bridgehead atoms. The van der Waals surface area contributed by atoms with Crippen molar-refractivity contribution in [1.82, 2.24) is 47.0 Å². The van der Waals surface area contributed by atoms with Crippen molar-refractivity contribution in [3.8, 4) is 28.3 Å². The molecule has 0 spiro atoms. The largest absolute Gasteiger partial charge is 0.459 e. The number of carbonyl (C=O) groups is 6. The van der Waals surface area contributed by atoms with Crippen LogP contribution in [0.4, 0.5) is 0 Å². The summed E-state index contributed by atoms with van der Waals surface area (Å²) in [6.45, 7) is 12.4. The number of halogens is 1. The number of rotatable bonds is 12. The van der Waals surface area contributed by atoms with Gasteiger partial charge in [0.15, 0.2) is 11.6 Å². The first-order valence-corrected chi connectivity index (χ1v) is 38.9. The van der Waals surface area contributed by atoms with Crippen LogP contribution in [0.1, 0.15) is 156 Å². The Morgan fingerprint density at radius 2 is 1.02 bits per heavy atom. The molecule has 101 heavy (non-hydrogen) atoms. The summed E-state index contributed by atoms with van der Waals surface area (Å²) < 4.78 is 66.7. The van der Waals surface area contributed by atoms with E-state index in [9.17, 15) is 50.7 Å². The summed E-state index contributed by atoms with van der Waals surface area (Å²) in [6.07, 6.45) is 16.2. The maximum absolute atomic E-state index is 14.3. The Balaban J connectivity index is 0.000000183. The first kappa shape index (κ1) is 76.0. The Morgan fingerprint density at radius 1 is 0.584 bits per heavy atom. The Bertz CT molecular complexity index is 4310. The van der Waals surface area contributed by atoms with Gasteiger partial charge in [-0.1, -0.05) is 149 Å². The molecule has 6 aromatic rings. The van der Waals surface area contributed by atoms with Crippen LogP contribution >= 0.6 is 11.6 Å². The van der Waals surface area contributed by atoms with E-state index in [0.717, 1.165) is 111 Å². The van der Waals surface area contributed by atoms with Crippen LogP contribution in [0, 0.1) is 34.5 Å². The number of nitrogens with zero attached hydrogens (tertiary/aromatic N) is 8. The summed E-state index contributed by atoms with van der Waals surface area (Å²) in [5.41, 5.74) is 5.76. The Kier molecular flexibility index (Phi) is 24.1. The summed E-state index contributed by atoms with van der Waals surface area (Å²) in [5.74, 6) is -3.21. The highest BCUT2D eigenvalue weighted by molar-refractivity contribution is 7.88. The molecule has 12 rings (SSSR count). The number of aliphatic hydroxyl groups is 1. The minimum atomic E-state index is -4.06. The van der Waals surface area contributed by atoms with Crippen LogP contribution in [-0.2, 0) is 49.2 Å². The van der Waals surface area contributed by atoms with Crippen LogP contribution in [-0.4, -0.2) is 160 Å². The first-order chi connectivity index (χ1) is 48.0. The van der Waals surface area contributed by atoms with Crippen molar-refractivity contribution in [3.63, 3.8) is 0 Å². The molecule has 22 nitrogen and oxygen atoms in total. The minimum Gasteiger partial charge on any atom is -0.459 e. The van der Waals surface area contributed by atoms with Gasteiger partial charge in [-0.3, -0.25) is 33.3 Å². The third-order valence-electron chi connectivity index (χ3n) is 20.8. The standard InChI is InChI=1S/C38H49N5O6S.C22H35N3O6S.C16H15ClN2/c1-25(2)43-31-20-14-19-30(27-16-11-9-12-17-27)34(31)39-37(43)49-29-21-32-33(44)23-38(36(46)40-50(47,48)41(4)5)22-28(38)18-13-8-6-7-10-15-26(3)35(45)42(32)24-29;1-15-9-7-5-4-6-8-10-16-12-22(16,21(29)23-32(30,31)24(2)3)13-19(27)18-11-17(26)14-25(18)20(15)28;1-11(2)19-14-10-6-9-13(15(14)18-16(19)17)12-7-4-3-5-8-12/h9,11-14,16-20,25-26,28-29,32H,6-8,10,15,21-24H2,1-5H3,(H,40,46);8,10,15-18,26H,4-7,9,11-14H2,1-3H3,(H,23,29);3-11H,1-2H3/b18-13-;10-8-;/t26-,28+,29+,32-,38+;15-,16+,17+,18-,22+;/m00./s1. The average molecular weight is 1440 g/mol. The van der Waals surface area contributed by atoms with E-state index in [4.69, 9.17) is 21.3 Å². The lowest BCUT2D eigenvalue weighted by Gasteiger charge is -2.28. The predicted octanol–water partition coefficient (Wildman–Crippen LogP) is 11.6. The van der Waals surface area contributed by atoms with Crippen molar-refractivity contribution in [1.29, 1.82) is 0 Å². The van der Waals surface area contributed by atoms with Gasteiger partial charge in [0.1, 0.15) is 11.6 Å². The van der Waals surface area contributed by atoms with Crippen LogP contribution in [0.25, 0.3) is 44.3 Å². The van der Waals surface area contributed by atoms with Crippen LogP contribution < -0.4 is 14.2 Å². The second-order valence-electron chi connectivity index (χ2n) is 29.3. The number of fused-ring (bicyclic) bond motifs is 6. The molecule has 4 aliphatic heterocycles. The number of hydrogen-bond donors (Lipinski definition) is 3. The van der Waals surface area contributed by atoms with Crippen LogP contribution in [0.3, 0.4) is 0 Å². The number of aromatic nitrogens is 4. The van der Waals surface area contributed by atoms with Crippen molar-refractivity contribution < 1.29 is 55.4 Å². The van der Waals surface area contributed by atoms with Gasteiger partial charge in [0.05, 0.1) is 52.1 Å². The number of ketones is 2. The number of hydrogen-bond acceptors (Lipinski definition) is 14. The van der Waals surface area contributed by atoms with Crippen molar-refractivity contribution in [2.24, 2.45) is 34.5 Å². The Hall–Kier alpha value is -7.61. The van der Waals surface area contributed by atoms with E-state index in [1.807, 2.05) is 105 Å². The fraction of sp³-hybridized carbons (Fsp3) is 0.526. The normalized spacial score (nSPS) is 26.8. The van der Waals surface area contributed by atoms with E-state index in [1.54, 1.807) is 4.90 Å². The van der Waals surface area contributed by atoms with E-state index in [2.05, 4.69) is 81.6 Å². The van der Waals surface area contributed by atoms with Crippen LogP contribution in [0.15, 0.2) is 121 Å². The Morgan fingerprint density at radius 3 is 1.48 bits per heavy atom. The number of nitrogens with one attached hydrogen (secondary N) is 2. The molecule has 2 aliphatic carbocycles. The molecule has 2 aromatic heterocycles. The van der Waals surface area contributed by atoms with E-state index in [0.29, 0.717) is 36.6 Å². The van der Waals surface area contributed by atoms with Crippen LogP contribution in [0.2, 0.25) is 5.28 Å². The summed E-state index contributed by atoms with van der Waals surface area (Å²) in [7, 11) is -2.71. The van der Waals surface area contributed by atoms with Crippen molar-refractivity contribution in [2.75, 3.05) is 41.3 Å². The number of carbonyl (C=O) groups excluding carboxylic acids is 6. The van der Waals surface area contributed by atoms with Gasteiger partial charge in [-0.15, -0.1) is 0 Å². The smallest absolute Gasteiger partial charge is 0.303 e. The van der Waals surface area contributed by atoms with E-state index in [1.165, 1.54) is 33.1 Å². The van der Waals surface area contributed by atoms with Gasteiger partial charge in [-0.05, 0) is 126 Å². The van der Waals surface area contributed by atoms with Gasteiger partial charge in [-0.2, -0.15) is 30.4 Å². The van der Waals surface area contributed by atoms with Gasteiger partial charge in [0.25, 0.3) is 6.01 Å². The molecule has 4 amide bonds. The third-order valence-corrected chi connectivity index (χ3v) is 23.9. The average Bonchev–Trinajstić information content (AvgIpc) is 1.58. The third kappa shape index (κ3) is 17.1. The topological polar surface area (TPSA) is 273 Å². The number of ether oxygens (including phenoxy) is 1. The zero-order valence-corrected chi connectivity index (χ0v) is 62.1. The molecule has 6 heterocycles. The fourth-order valence-electron chi connectivity index (χ4n) is 14.8. The zero-order chi connectivity index (χ0) is 72.9. The molecule has 0 unspecified atom stereocenters. The van der Waals surface area contributed by atoms with E-state index < -0.39 is 67.4 Å². The molecule has 10 atom stereocenters. The zero-order valence-electron chi connectivity index (χ0n) is 59.8. The number of Topliss-reactive ketones (excluding diaryl/α,β-unsaturated/α-hetero) is 2. The SMILES string of the molecule is CC(C)n1c(Cl)nc2c(-c3ccccc3)cccc21.CC(C)n1c(O[C@@H]2C[C@H]3C(=O)C[C@]4(C(=O)NS(=O)(=O)N(C)C)C[C@H]4/C=C\CCCCC[C@H](C)C(=O)N3C2)nc2c(-c3ccccc3)cccc21.C[C@H]1CCCCC/C=C\[C@@H]2C[C@@]2(C(=O)NS(=O)(=O)N(C)C)CC(=O)[C@@H]2C[C@@H](O)CN2C1=O. The molecule has 6 aliphatic rings. The highest BCUT2D eigenvalue weighted by atomic mass is 35.5. The highest BCUT2D eigenvalue weighted by Gasteiger charge is 2.63. The lowest BCUT2D eigenvalue weighted by Crippen LogP contribution is -2.47. The number of benzene rings is 4. The molecule has 4 aromatic carbocycles. The summed E-state index contributed by atoms with van der Waals surface area (Å²) >= 11 is 6.27. The molecular weight excluding hydrogens is 1340 g/mol. The quantitative estimate of drug-likeness (QED) is 0.0962. The van der Waals surface area contributed by atoms with Gasteiger partial charge in [0.2, 0.25) is 28.9 Å². The molecule has 25 heteroatoms. The fourth-order valence-corrected chi connectivity index (χ4v) is 16.4. The molecule has 2 saturated carbocycles. The second-order valence-corrected chi connectivity index (χ2v) is 33.4. The molecule has 2 saturated heterocycles. The Labute approximate surface area is 599 Å². The first-order valence-electron chi connectivity index (χ1n) is 35.6. The summed E-state index contributed by atoms with van der Waals surface area (Å²) in [4.78, 5) is 94.0. The molecular formula is C76H99ClN10O12S2. The van der Waals surface area contributed by atoms with Gasteiger partial charge in [0, 0.05) is 95.5 Å². The maximum Gasteiger partial charge on any atom is 0.303 e. The molecule has 4 fully saturated rings. The number of amides is 4. The second kappa shape index (κ2) is 32.0. The molecule has 0 radical (unpaired) electrons. The van der Waals surface area contributed by atoms with Gasteiger partial charge < -0.3 is 24.2 Å². The van der Waals surface area contributed by atoms with Gasteiger partial charge in [-0.25, -0.2) is 14.4 Å². The summed E-state index contributed by atoms with van der Waals surface area (Å²) in [6, 6.07) is 31.8. The molecule has 3 N–H and O–H groups in total. The van der Waals surface area contributed by atoms with Crippen molar-refractivity contribution in [3.05, 3.63) is 127 Å². The van der Waals surface area contributed by atoms with E-state index >= 15 is 0 Å². The highest BCUT2D eigenvalue weighted by Crippen LogP contribution is 2.58. The monoisotopic (exact) mass is 1440 g/mol. The lowest BCUT2D eigenvalue weighted by molar-refractivity contribution is -0.142. The maximum atomic E-state index is 14.3. The van der Waals surface area contributed by atoms with Crippen molar-refractivity contribution >= 4 is 89.3 Å². The lowest BCUT2D eigenvalue weighted by atomic mass is 9.91. The van der Waals surface area contributed by atoms with Crippen LogP contribution in [0.5, 0.6) is 6.01 Å². The molecule has 544 valence electrons. The van der Waals surface area contributed by atoms with E-state index in [-0.39, 0.29) is 91.9 Å². The minimum absolute atomic E-state index is 0.0212. The summed E-state index contributed by atoms with van der Waals surface area (Å²) in [5, 5.41) is 10.7. The number of aliphatic hydroxyl groups excluding tert-OH is 1. The predicted molar refractivity (Wildman–Crippen MR) is 391 cm³/mol. The number of para-hydroxylation sites is 2. The number of allylic oxidation sites excluding steroid dienone is 4. The number of imidazole rings is 2. The van der Waals surface area contributed by atoms with Crippen molar-refractivity contribution in [2.45, 2.75) is 181 Å².